The maximum atomic E-state index is 13.3. The number of amides is 2. The van der Waals surface area contributed by atoms with Crippen LogP contribution >= 0.6 is 0 Å². The second-order valence-corrected chi connectivity index (χ2v) is 8.74. The van der Waals surface area contributed by atoms with Gasteiger partial charge in [-0.2, -0.15) is 0 Å². The Morgan fingerprint density at radius 1 is 1.27 bits per heavy atom. The first-order valence-electron chi connectivity index (χ1n) is 11.0. The average Bonchev–Trinajstić information content (AvgIpc) is 3.28. The Kier molecular flexibility index (Phi) is 7.72. The van der Waals surface area contributed by atoms with Gasteiger partial charge in [-0.25, -0.2) is 0 Å². The van der Waals surface area contributed by atoms with Crippen LogP contribution < -0.4 is 15.4 Å². The van der Waals surface area contributed by atoms with Gasteiger partial charge in [0.2, 0.25) is 5.91 Å². The molecule has 0 spiro atoms. The number of benzene rings is 1. The lowest BCUT2D eigenvalue weighted by Crippen LogP contribution is -2.44. The quantitative estimate of drug-likeness (QED) is 0.791. The maximum absolute atomic E-state index is 13.3. The number of carbonyl (C=O) groups excluding carboxylic acids is 2. The predicted octanol–water partition coefficient (Wildman–Crippen LogP) is 2.91. The minimum Gasteiger partial charge on any atom is -0.491 e. The molecule has 0 bridgehead atoms. The van der Waals surface area contributed by atoms with Crippen LogP contribution in [0.25, 0.3) is 0 Å². The highest BCUT2D eigenvalue weighted by atomic mass is 16.5. The summed E-state index contributed by atoms with van der Waals surface area (Å²) in [6, 6.07) is 5.45. The molecule has 3 atom stereocenters. The molecule has 7 nitrogen and oxygen atoms in total. The highest BCUT2D eigenvalue weighted by molar-refractivity contribution is 5.99. The van der Waals surface area contributed by atoms with Gasteiger partial charge in [-0.05, 0) is 43.9 Å². The molecule has 1 saturated carbocycles. The van der Waals surface area contributed by atoms with Crippen molar-refractivity contribution in [3.05, 3.63) is 23.8 Å². The Bertz CT molecular complexity index is 748. The molecule has 2 aliphatic rings. The summed E-state index contributed by atoms with van der Waals surface area (Å²) in [5.74, 6) is 0.730. The van der Waals surface area contributed by atoms with Crippen LogP contribution in [0.1, 0.15) is 49.9 Å². The van der Waals surface area contributed by atoms with Gasteiger partial charge in [-0.3, -0.25) is 9.59 Å². The lowest BCUT2D eigenvalue weighted by atomic mass is 10.0. The van der Waals surface area contributed by atoms with Crippen molar-refractivity contribution in [2.24, 2.45) is 11.8 Å². The number of nitrogens with one attached hydrogen (secondary N) is 2. The molecule has 0 saturated heterocycles. The van der Waals surface area contributed by atoms with Crippen LogP contribution in [0.4, 0.5) is 5.69 Å². The van der Waals surface area contributed by atoms with Crippen molar-refractivity contribution >= 4 is 17.5 Å². The fourth-order valence-corrected chi connectivity index (χ4v) is 4.17. The molecule has 30 heavy (non-hydrogen) atoms. The van der Waals surface area contributed by atoms with Gasteiger partial charge in [0.25, 0.3) is 5.91 Å². The molecule has 1 fully saturated rings. The number of carbonyl (C=O) groups is 2. The van der Waals surface area contributed by atoms with Gasteiger partial charge < -0.3 is 25.0 Å². The van der Waals surface area contributed by atoms with Crippen molar-refractivity contribution in [1.29, 1.82) is 0 Å². The first-order valence-corrected chi connectivity index (χ1v) is 11.0. The van der Waals surface area contributed by atoms with Gasteiger partial charge in [0, 0.05) is 44.9 Å². The van der Waals surface area contributed by atoms with E-state index in [1.54, 1.807) is 31.2 Å². The molecule has 1 heterocycles. The third-order valence-electron chi connectivity index (χ3n) is 6.22. The van der Waals surface area contributed by atoms with E-state index in [-0.39, 0.29) is 35.8 Å². The summed E-state index contributed by atoms with van der Waals surface area (Å²) in [7, 11) is 3.46. The number of hydrogen-bond donors (Lipinski definition) is 2. The van der Waals surface area contributed by atoms with E-state index < -0.39 is 0 Å². The van der Waals surface area contributed by atoms with Crippen molar-refractivity contribution in [2.75, 3.05) is 39.2 Å². The van der Waals surface area contributed by atoms with Crippen LogP contribution in [0.3, 0.4) is 0 Å². The molecule has 1 aliphatic heterocycles. The van der Waals surface area contributed by atoms with Gasteiger partial charge in [0.05, 0.1) is 11.7 Å². The minimum atomic E-state index is -0.141. The monoisotopic (exact) mass is 417 g/mol. The van der Waals surface area contributed by atoms with E-state index in [0.29, 0.717) is 30.2 Å². The molecule has 2 N–H and O–H groups in total. The average molecular weight is 418 g/mol. The highest BCUT2D eigenvalue weighted by Gasteiger charge is 2.27. The van der Waals surface area contributed by atoms with E-state index >= 15 is 0 Å². The molecule has 1 aliphatic carbocycles. The summed E-state index contributed by atoms with van der Waals surface area (Å²) in [5.41, 5.74) is 1.09. The molecule has 0 aromatic heterocycles. The Hall–Kier alpha value is -2.12. The van der Waals surface area contributed by atoms with Crippen molar-refractivity contribution in [3.63, 3.8) is 0 Å². The number of anilines is 1. The molecule has 2 amide bonds. The van der Waals surface area contributed by atoms with Gasteiger partial charge in [0.15, 0.2) is 0 Å². The first-order chi connectivity index (χ1) is 14.4. The molecule has 3 rings (SSSR count). The topological polar surface area (TPSA) is 79.9 Å². The number of fused-ring (bicyclic) bond motifs is 1. The number of hydrogen-bond acceptors (Lipinski definition) is 5. The lowest BCUT2D eigenvalue weighted by Gasteiger charge is -2.30. The van der Waals surface area contributed by atoms with E-state index in [2.05, 4.69) is 24.5 Å². The van der Waals surface area contributed by atoms with Crippen LogP contribution in [-0.2, 0) is 9.53 Å². The predicted molar refractivity (Wildman–Crippen MR) is 117 cm³/mol. The smallest absolute Gasteiger partial charge is 0.257 e. The maximum Gasteiger partial charge on any atom is 0.257 e. The summed E-state index contributed by atoms with van der Waals surface area (Å²) in [6.07, 6.45) is 3.99. The third kappa shape index (κ3) is 5.52. The third-order valence-corrected chi connectivity index (χ3v) is 6.22. The lowest BCUT2D eigenvalue weighted by molar-refractivity contribution is -0.119. The van der Waals surface area contributed by atoms with Gasteiger partial charge in [-0.1, -0.05) is 19.8 Å². The van der Waals surface area contributed by atoms with Crippen molar-refractivity contribution in [2.45, 2.75) is 51.7 Å². The Balaban J connectivity index is 1.85. The number of ether oxygens (including phenoxy) is 2. The zero-order chi connectivity index (χ0) is 21.7. The fourth-order valence-electron chi connectivity index (χ4n) is 4.17. The minimum absolute atomic E-state index is 0.0356. The second kappa shape index (κ2) is 10.3. The molecule has 166 valence electrons. The van der Waals surface area contributed by atoms with Crippen LogP contribution in [0.5, 0.6) is 5.75 Å². The summed E-state index contributed by atoms with van der Waals surface area (Å²) in [4.78, 5) is 27.5. The van der Waals surface area contributed by atoms with Crippen LogP contribution in [-0.4, -0.2) is 62.7 Å². The standard InChI is InChI=1S/C23H35N3O4/c1-15-12-24-16(2)14-30-20-10-9-18(25-22(27)17-7-5-6-8-17)11-19(20)23(28)26(3)13-21(15)29-4/h9-11,15-17,21,24H,5-8,12-14H2,1-4H3,(H,25,27)/t15-,16-,21-/m1/s1. The molecule has 1 aromatic rings. The number of rotatable bonds is 3. The summed E-state index contributed by atoms with van der Waals surface area (Å²) >= 11 is 0. The summed E-state index contributed by atoms with van der Waals surface area (Å²) < 4.78 is 11.6. The number of methoxy groups -OCH3 is 1. The molecular formula is C23H35N3O4. The van der Waals surface area contributed by atoms with Gasteiger partial charge in [-0.15, -0.1) is 0 Å². The number of likely N-dealkylation sites (N-methyl/N-ethyl adjacent to an activating group) is 1. The van der Waals surface area contributed by atoms with Gasteiger partial charge in [0.1, 0.15) is 12.4 Å². The Morgan fingerprint density at radius 3 is 2.70 bits per heavy atom. The highest BCUT2D eigenvalue weighted by Crippen LogP contribution is 2.28. The van der Waals surface area contributed by atoms with Crippen LogP contribution in [0.2, 0.25) is 0 Å². The SMILES string of the molecule is CO[C@@H]1CN(C)C(=O)c2cc(NC(=O)C3CCCC3)ccc2OC[C@@H](C)NC[C@H]1C. The summed E-state index contributed by atoms with van der Waals surface area (Å²) in [5, 5.41) is 6.46. The first kappa shape index (κ1) is 22.6. The zero-order valence-electron chi connectivity index (χ0n) is 18.6. The van der Waals surface area contributed by atoms with E-state index in [0.717, 1.165) is 32.2 Å². The van der Waals surface area contributed by atoms with E-state index in [9.17, 15) is 9.59 Å². The molecule has 7 heteroatoms. The van der Waals surface area contributed by atoms with Crippen molar-refractivity contribution in [1.82, 2.24) is 10.2 Å². The van der Waals surface area contributed by atoms with Crippen molar-refractivity contribution < 1.29 is 19.1 Å². The second-order valence-electron chi connectivity index (χ2n) is 8.74. The number of nitrogens with zero attached hydrogens (tertiary/aromatic N) is 1. The van der Waals surface area contributed by atoms with Gasteiger partial charge >= 0.3 is 0 Å². The van der Waals surface area contributed by atoms with Crippen LogP contribution in [0.15, 0.2) is 18.2 Å². The van der Waals surface area contributed by atoms with Crippen LogP contribution in [0, 0.1) is 11.8 Å². The Morgan fingerprint density at radius 2 is 2.00 bits per heavy atom. The van der Waals surface area contributed by atoms with E-state index in [1.165, 1.54) is 0 Å². The molecule has 0 radical (unpaired) electrons. The largest absolute Gasteiger partial charge is 0.491 e. The van der Waals surface area contributed by atoms with Crippen molar-refractivity contribution in [3.8, 4) is 5.75 Å². The molecular weight excluding hydrogens is 382 g/mol. The zero-order valence-corrected chi connectivity index (χ0v) is 18.6. The summed E-state index contributed by atoms with van der Waals surface area (Å²) in [6.45, 7) is 5.88. The fraction of sp³-hybridized carbons (Fsp3) is 0.652. The van der Waals surface area contributed by atoms with E-state index in [1.807, 2.05) is 6.07 Å². The Labute approximate surface area is 179 Å². The normalized spacial score (nSPS) is 26.3. The van der Waals surface area contributed by atoms with E-state index in [4.69, 9.17) is 9.47 Å². The molecule has 0 unspecified atom stereocenters. The molecule has 1 aromatic carbocycles.